The van der Waals surface area contributed by atoms with Crippen LogP contribution in [0.25, 0.3) is 5.57 Å². The van der Waals surface area contributed by atoms with Gasteiger partial charge >= 0.3 is 6.03 Å². The lowest BCUT2D eigenvalue weighted by molar-refractivity contribution is -0.119. The van der Waals surface area contributed by atoms with Gasteiger partial charge in [0, 0.05) is 18.2 Å². The van der Waals surface area contributed by atoms with Crippen LogP contribution < -0.4 is 10.6 Å². The number of rotatable bonds is 3. The van der Waals surface area contributed by atoms with Gasteiger partial charge in [0.05, 0.1) is 12.1 Å². The molecule has 2 bridgehead atoms. The van der Waals surface area contributed by atoms with Crippen LogP contribution in [0, 0.1) is 0 Å². The number of hydrogen-bond acceptors (Lipinski definition) is 2. The molecule has 148 valence electrons. The number of carbonyl (C=O) groups is 2. The van der Waals surface area contributed by atoms with E-state index in [1.54, 1.807) is 0 Å². The second-order valence-electron chi connectivity index (χ2n) is 8.18. The van der Waals surface area contributed by atoms with Gasteiger partial charge in [-0.25, -0.2) is 4.79 Å². The monoisotopic (exact) mass is 387 g/mol. The molecule has 3 atom stereocenters. The first-order valence-electron chi connectivity index (χ1n) is 10.4. The minimum atomic E-state index is -0.0338. The molecule has 3 unspecified atom stereocenters. The van der Waals surface area contributed by atoms with Gasteiger partial charge in [-0.1, -0.05) is 48.5 Å². The SMILES string of the molecule is O=C1CCC(c2cccc(NC(=O)N3C4C=C(c5ccccc5)CC3CC4)c2)N1. The molecule has 2 aromatic rings. The number of nitrogens with zero attached hydrogens (tertiary/aromatic N) is 1. The summed E-state index contributed by atoms with van der Waals surface area (Å²) in [4.78, 5) is 26.6. The molecule has 2 saturated heterocycles. The highest BCUT2D eigenvalue weighted by Gasteiger charge is 2.39. The first-order chi connectivity index (χ1) is 14.2. The van der Waals surface area contributed by atoms with E-state index in [9.17, 15) is 9.59 Å². The summed E-state index contributed by atoms with van der Waals surface area (Å²) in [5.41, 5.74) is 4.43. The maximum Gasteiger partial charge on any atom is 0.322 e. The minimum Gasteiger partial charge on any atom is -0.349 e. The van der Waals surface area contributed by atoms with E-state index in [4.69, 9.17) is 0 Å². The van der Waals surface area contributed by atoms with Crippen molar-refractivity contribution in [3.05, 3.63) is 71.8 Å². The summed E-state index contributed by atoms with van der Waals surface area (Å²) in [6.07, 6.45) is 6.60. The van der Waals surface area contributed by atoms with Gasteiger partial charge in [0.2, 0.25) is 5.91 Å². The topological polar surface area (TPSA) is 61.4 Å². The van der Waals surface area contributed by atoms with Crippen LogP contribution in [-0.4, -0.2) is 28.9 Å². The molecule has 29 heavy (non-hydrogen) atoms. The van der Waals surface area contributed by atoms with E-state index in [-0.39, 0.29) is 30.1 Å². The van der Waals surface area contributed by atoms with Crippen molar-refractivity contribution in [2.45, 2.75) is 50.2 Å². The summed E-state index contributed by atoms with van der Waals surface area (Å²) in [7, 11) is 0. The summed E-state index contributed by atoms with van der Waals surface area (Å²) in [6, 6.07) is 18.7. The molecule has 0 saturated carbocycles. The highest BCUT2D eigenvalue weighted by Crippen LogP contribution is 2.39. The summed E-state index contributed by atoms with van der Waals surface area (Å²) in [5.74, 6) is 0.0929. The second-order valence-corrected chi connectivity index (χ2v) is 8.18. The van der Waals surface area contributed by atoms with E-state index in [1.807, 2.05) is 35.2 Å². The number of nitrogens with one attached hydrogen (secondary N) is 2. The van der Waals surface area contributed by atoms with Crippen LogP contribution in [0.15, 0.2) is 60.7 Å². The number of fused-ring (bicyclic) bond motifs is 2. The molecule has 5 rings (SSSR count). The quantitative estimate of drug-likeness (QED) is 0.815. The van der Waals surface area contributed by atoms with Crippen molar-refractivity contribution < 1.29 is 9.59 Å². The zero-order valence-corrected chi connectivity index (χ0v) is 16.3. The molecule has 3 aliphatic rings. The molecule has 0 aliphatic carbocycles. The van der Waals surface area contributed by atoms with Gasteiger partial charge in [-0.2, -0.15) is 0 Å². The van der Waals surface area contributed by atoms with Gasteiger partial charge in [0.25, 0.3) is 0 Å². The number of anilines is 1. The van der Waals surface area contributed by atoms with E-state index in [0.717, 1.165) is 36.9 Å². The Morgan fingerprint density at radius 1 is 1.03 bits per heavy atom. The first-order valence-corrected chi connectivity index (χ1v) is 10.4. The lowest BCUT2D eigenvalue weighted by atomic mass is 9.95. The fourth-order valence-electron chi connectivity index (χ4n) is 4.90. The second kappa shape index (κ2) is 7.39. The summed E-state index contributed by atoms with van der Waals surface area (Å²) in [6.45, 7) is 0. The van der Waals surface area contributed by atoms with Gasteiger partial charge < -0.3 is 15.5 Å². The van der Waals surface area contributed by atoms with Crippen molar-refractivity contribution in [1.29, 1.82) is 0 Å². The zero-order chi connectivity index (χ0) is 19.8. The van der Waals surface area contributed by atoms with Crippen LogP contribution in [0.2, 0.25) is 0 Å². The lowest BCUT2D eigenvalue weighted by Crippen LogP contribution is -2.45. The highest BCUT2D eigenvalue weighted by atomic mass is 16.2. The Labute approximate surface area is 170 Å². The third-order valence-corrected chi connectivity index (χ3v) is 6.31. The summed E-state index contributed by atoms with van der Waals surface area (Å²) < 4.78 is 0. The molecule has 5 nitrogen and oxygen atoms in total. The van der Waals surface area contributed by atoms with E-state index in [1.165, 1.54) is 11.1 Å². The van der Waals surface area contributed by atoms with Gasteiger partial charge in [-0.05, 0) is 54.5 Å². The fraction of sp³-hybridized carbons (Fsp3) is 0.333. The average Bonchev–Trinajstić information content (AvgIpc) is 3.29. The molecule has 5 heteroatoms. The van der Waals surface area contributed by atoms with Gasteiger partial charge in [-0.3, -0.25) is 4.79 Å². The maximum absolute atomic E-state index is 13.1. The molecule has 0 aromatic heterocycles. The van der Waals surface area contributed by atoms with Crippen LogP contribution in [0.4, 0.5) is 10.5 Å². The lowest BCUT2D eigenvalue weighted by Gasteiger charge is -2.34. The molecule has 3 aliphatic heterocycles. The predicted molar refractivity (Wildman–Crippen MR) is 113 cm³/mol. The van der Waals surface area contributed by atoms with Crippen molar-refractivity contribution in [1.82, 2.24) is 10.2 Å². The molecule has 0 radical (unpaired) electrons. The van der Waals surface area contributed by atoms with E-state index in [0.29, 0.717) is 6.42 Å². The highest BCUT2D eigenvalue weighted by molar-refractivity contribution is 5.91. The average molecular weight is 387 g/mol. The molecule has 0 spiro atoms. The van der Waals surface area contributed by atoms with Crippen LogP contribution in [0.1, 0.15) is 49.3 Å². The van der Waals surface area contributed by atoms with E-state index < -0.39 is 0 Å². The molecule has 2 N–H and O–H groups in total. The predicted octanol–water partition coefficient (Wildman–Crippen LogP) is 4.49. The Balaban J connectivity index is 1.31. The number of amides is 3. The smallest absolute Gasteiger partial charge is 0.322 e. The largest absolute Gasteiger partial charge is 0.349 e. The Morgan fingerprint density at radius 2 is 1.90 bits per heavy atom. The van der Waals surface area contributed by atoms with Crippen LogP contribution in [-0.2, 0) is 4.79 Å². The Bertz CT molecular complexity index is 969. The van der Waals surface area contributed by atoms with Crippen molar-refractivity contribution in [2.24, 2.45) is 0 Å². The number of benzene rings is 2. The van der Waals surface area contributed by atoms with Gasteiger partial charge in [0.1, 0.15) is 0 Å². The van der Waals surface area contributed by atoms with Crippen molar-refractivity contribution in [3.8, 4) is 0 Å². The number of hydrogen-bond donors (Lipinski definition) is 2. The molecule has 2 aromatic carbocycles. The van der Waals surface area contributed by atoms with E-state index >= 15 is 0 Å². The van der Waals surface area contributed by atoms with Gasteiger partial charge in [0.15, 0.2) is 0 Å². The maximum atomic E-state index is 13.1. The molecule has 2 fully saturated rings. The van der Waals surface area contributed by atoms with Crippen molar-refractivity contribution in [2.75, 3.05) is 5.32 Å². The Kier molecular flexibility index (Phi) is 4.58. The molecule has 3 amide bonds. The molecule has 3 heterocycles. The minimum absolute atomic E-state index is 0.0338. The summed E-state index contributed by atoms with van der Waals surface area (Å²) in [5, 5.41) is 6.08. The first kappa shape index (κ1) is 18.0. The van der Waals surface area contributed by atoms with Crippen LogP contribution >= 0.6 is 0 Å². The number of urea groups is 1. The van der Waals surface area contributed by atoms with E-state index in [2.05, 4.69) is 41.0 Å². The van der Waals surface area contributed by atoms with Crippen LogP contribution in [0.5, 0.6) is 0 Å². The third-order valence-electron chi connectivity index (χ3n) is 6.31. The normalized spacial score (nSPS) is 25.5. The third kappa shape index (κ3) is 3.53. The zero-order valence-electron chi connectivity index (χ0n) is 16.3. The van der Waals surface area contributed by atoms with Gasteiger partial charge in [-0.15, -0.1) is 0 Å². The molecular weight excluding hydrogens is 362 g/mol. The standard InChI is InChI=1S/C24H25N3O2/c28-23-12-11-22(26-23)17-7-4-8-19(13-17)25-24(29)27-20-9-10-21(27)15-18(14-20)16-5-2-1-3-6-16/h1-8,13-14,20-22H,9-12,15H2,(H,25,29)(H,26,28). The van der Waals surface area contributed by atoms with Crippen LogP contribution in [0.3, 0.4) is 0 Å². The Hall–Kier alpha value is -3.08. The Morgan fingerprint density at radius 3 is 2.66 bits per heavy atom. The fourth-order valence-corrected chi connectivity index (χ4v) is 4.90. The number of carbonyl (C=O) groups excluding carboxylic acids is 2. The van der Waals surface area contributed by atoms with Crippen molar-refractivity contribution in [3.63, 3.8) is 0 Å². The summed E-state index contributed by atoms with van der Waals surface area (Å²) >= 11 is 0. The van der Waals surface area contributed by atoms with Crippen molar-refractivity contribution >= 4 is 23.2 Å². The molecular formula is C24H25N3O2.